The van der Waals surface area contributed by atoms with Crippen molar-refractivity contribution in [2.45, 2.75) is 38.4 Å². The molecule has 152 valence electrons. The lowest BCUT2D eigenvalue weighted by molar-refractivity contribution is -0.137. The molecule has 1 aromatic carbocycles. The van der Waals surface area contributed by atoms with Crippen molar-refractivity contribution in [3.63, 3.8) is 0 Å². The van der Waals surface area contributed by atoms with Crippen LogP contribution in [0, 0.1) is 5.92 Å². The molecule has 1 aromatic heterocycles. The Morgan fingerprint density at radius 3 is 2.96 bits per heavy atom. The van der Waals surface area contributed by atoms with E-state index in [9.17, 15) is 18.0 Å². The van der Waals surface area contributed by atoms with Crippen molar-refractivity contribution in [1.29, 1.82) is 0 Å². The summed E-state index contributed by atoms with van der Waals surface area (Å²) in [5.41, 5.74) is 0.109. The summed E-state index contributed by atoms with van der Waals surface area (Å²) in [5.74, 6) is 0.393. The number of nitrogens with one attached hydrogen (secondary N) is 1. The van der Waals surface area contributed by atoms with Crippen molar-refractivity contribution in [1.82, 2.24) is 20.4 Å². The van der Waals surface area contributed by atoms with E-state index in [-0.39, 0.29) is 5.82 Å². The zero-order valence-corrected chi connectivity index (χ0v) is 15.6. The van der Waals surface area contributed by atoms with Crippen LogP contribution in [0.4, 0.5) is 13.2 Å². The monoisotopic (exact) mass is 396 g/mol. The van der Waals surface area contributed by atoms with Crippen molar-refractivity contribution in [2.75, 3.05) is 20.1 Å². The summed E-state index contributed by atoms with van der Waals surface area (Å²) < 4.78 is 43.7. The van der Waals surface area contributed by atoms with Gasteiger partial charge in [0.2, 0.25) is 5.89 Å². The number of alkyl halides is 3. The lowest BCUT2D eigenvalue weighted by Crippen LogP contribution is -2.35. The van der Waals surface area contributed by atoms with Crippen LogP contribution in [0.5, 0.6) is 0 Å². The maximum atomic E-state index is 12.8. The standard InChI is InChI=1S/C19H23F3N4O2/c1-23-18(27)17-24-16(28-25-17)12-26-9-3-5-14(11-26)8-7-13-4-2-6-15(10-13)19(20,21)22/h2,4,6,10,14H,3,5,7-9,11-12H2,1H3,(H,23,27)/t14-/m0/s1. The number of halogens is 3. The number of hydrogen-bond acceptors (Lipinski definition) is 5. The summed E-state index contributed by atoms with van der Waals surface area (Å²) in [6.07, 6.45) is -0.823. The van der Waals surface area contributed by atoms with E-state index in [2.05, 4.69) is 20.4 Å². The maximum absolute atomic E-state index is 12.8. The quantitative estimate of drug-likeness (QED) is 0.811. The highest BCUT2D eigenvalue weighted by Crippen LogP contribution is 2.30. The van der Waals surface area contributed by atoms with Gasteiger partial charge in [0.1, 0.15) is 0 Å². The normalized spacial score (nSPS) is 18.2. The molecule has 2 heterocycles. The van der Waals surface area contributed by atoms with Crippen LogP contribution in [0.2, 0.25) is 0 Å². The van der Waals surface area contributed by atoms with Crippen molar-refractivity contribution in [2.24, 2.45) is 5.92 Å². The van der Waals surface area contributed by atoms with Crippen LogP contribution in [0.15, 0.2) is 28.8 Å². The Morgan fingerprint density at radius 1 is 1.39 bits per heavy atom. The summed E-state index contributed by atoms with van der Waals surface area (Å²) in [6, 6.07) is 5.54. The maximum Gasteiger partial charge on any atom is 0.416 e. The number of carbonyl (C=O) groups excluding carboxylic acids is 1. The van der Waals surface area contributed by atoms with Crippen LogP contribution in [-0.4, -0.2) is 41.1 Å². The van der Waals surface area contributed by atoms with E-state index in [0.717, 1.165) is 38.4 Å². The molecule has 1 amide bonds. The summed E-state index contributed by atoms with van der Waals surface area (Å²) in [4.78, 5) is 17.8. The molecule has 0 spiro atoms. The van der Waals surface area contributed by atoms with Crippen LogP contribution in [0.1, 0.15) is 46.9 Å². The molecule has 28 heavy (non-hydrogen) atoms. The molecule has 1 saturated heterocycles. The Kier molecular flexibility index (Phi) is 6.33. The van der Waals surface area contributed by atoms with Crippen molar-refractivity contribution in [3.05, 3.63) is 47.1 Å². The minimum Gasteiger partial charge on any atom is -0.352 e. The lowest BCUT2D eigenvalue weighted by Gasteiger charge is -2.31. The molecule has 0 bridgehead atoms. The Labute approximate surface area is 161 Å². The van der Waals surface area contributed by atoms with Gasteiger partial charge < -0.3 is 9.84 Å². The number of amides is 1. The number of nitrogens with zero attached hydrogens (tertiary/aromatic N) is 3. The van der Waals surface area contributed by atoms with E-state index in [1.807, 2.05) is 0 Å². The molecule has 1 N–H and O–H groups in total. The molecule has 2 aromatic rings. The number of hydrogen-bond donors (Lipinski definition) is 1. The van der Waals surface area contributed by atoms with Crippen molar-refractivity contribution < 1.29 is 22.5 Å². The number of piperidine rings is 1. The molecule has 0 radical (unpaired) electrons. The first-order valence-electron chi connectivity index (χ1n) is 9.28. The minimum absolute atomic E-state index is 0.00982. The molecule has 1 fully saturated rings. The van der Waals surface area contributed by atoms with Gasteiger partial charge in [-0.25, -0.2) is 0 Å². The van der Waals surface area contributed by atoms with Gasteiger partial charge in [0, 0.05) is 13.6 Å². The van der Waals surface area contributed by atoms with E-state index in [1.54, 1.807) is 6.07 Å². The number of carbonyl (C=O) groups is 1. The molecule has 3 rings (SSSR count). The molecule has 6 nitrogen and oxygen atoms in total. The predicted octanol–water partition coefficient (Wildman–Crippen LogP) is 3.29. The van der Waals surface area contributed by atoms with Crippen LogP contribution in [0.3, 0.4) is 0 Å². The molecule has 0 aliphatic carbocycles. The van der Waals surface area contributed by atoms with E-state index in [4.69, 9.17) is 4.52 Å². The summed E-state index contributed by atoms with van der Waals surface area (Å²) >= 11 is 0. The van der Waals surface area contributed by atoms with Gasteiger partial charge in [-0.05, 0) is 49.8 Å². The Balaban J connectivity index is 1.52. The van der Waals surface area contributed by atoms with Crippen LogP contribution >= 0.6 is 0 Å². The molecule has 1 aliphatic heterocycles. The highest BCUT2D eigenvalue weighted by atomic mass is 19.4. The van der Waals surface area contributed by atoms with E-state index < -0.39 is 17.6 Å². The molecule has 1 atom stereocenters. The SMILES string of the molecule is CNC(=O)c1noc(CN2CCC[C@@H](CCc3cccc(C(F)(F)F)c3)C2)n1. The lowest BCUT2D eigenvalue weighted by atomic mass is 9.91. The zero-order valence-electron chi connectivity index (χ0n) is 15.6. The van der Waals surface area contributed by atoms with Crippen molar-refractivity contribution >= 4 is 5.91 Å². The van der Waals surface area contributed by atoms with Gasteiger partial charge in [-0.1, -0.05) is 23.4 Å². The molecular formula is C19H23F3N4O2. The minimum atomic E-state index is -4.31. The largest absolute Gasteiger partial charge is 0.416 e. The number of rotatable bonds is 6. The number of likely N-dealkylation sites (tertiary alicyclic amines) is 1. The van der Waals surface area contributed by atoms with Crippen LogP contribution in [0.25, 0.3) is 0 Å². The average Bonchev–Trinajstić information content (AvgIpc) is 3.14. The molecular weight excluding hydrogens is 373 g/mol. The number of aromatic nitrogens is 2. The molecule has 1 aliphatic rings. The first-order valence-corrected chi connectivity index (χ1v) is 9.28. The fourth-order valence-corrected chi connectivity index (χ4v) is 3.52. The second kappa shape index (κ2) is 8.72. The van der Waals surface area contributed by atoms with E-state index >= 15 is 0 Å². The fraction of sp³-hybridized carbons (Fsp3) is 0.526. The summed E-state index contributed by atoms with van der Waals surface area (Å²) in [5, 5.41) is 6.10. The van der Waals surface area contributed by atoms with Gasteiger partial charge in [0.15, 0.2) is 0 Å². The van der Waals surface area contributed by atoms with E-state index in [1.165, 1.54) is 19.2 Å². The third-order valence-corrected chi connectivity index (χ3v) is 4.96. The van der Waals surface area contributed by atoms with E-state index in [0.29, 0.717) is 30.3 Å². The highest BCUT2D eigenvalue weighted by Gasteiger charge is 2.30. The topological polar surface area (TPSA) is 71.3 Å². The molecule has 0 unspecified atom stereocenters. The van der Waals surface area contributed by atoms with Crippen LogP contribution < -0.4 is 5.32 Å². The van der Waals surface area contributed by atoms with Gasteiger partial charge in [-0.15, -0.1) is 0 Å². The average molecular weight is 396 g/mol. The smallest absolute Gasteiger partial charge is 0.352 e. The zero-order chi connectivity index (χ0) is 20.1. The summed E-state index contributed by atoms with van der Waals surface area (Å²) in [6.45, 7) is 2.17. The molecule has 0 saturated carbocycles. The Hall–Kier alpha value is -2.42. The van der Waals surface area contributed by atoms with Gasteiger partial charge in [-0.2, -0.15) is 18.2 Å². The number of aryl methyl sites for hydroxylation is 1. The van der Waals surface area contributed by atoms with Gasteiger partial charge in [0.25, 0.3) is 11.7 Å². The summed E-state index contributed by atoms with van der Waals surface area (Å²) in [7, 11) is 1.50. The van der Waals surface area contributed by atoms with Gasteiger partial charge >= 0.3 is 6.18 Å². The first-order chi connectivity index (χ1) is 13.3. The third-order valence-electron chi connectivity index (χ3n) is 4.96. The third kappa shape index (κ3) is 5.31. The van der Waals surface area contributed by atoms with Gasteiger partial charge in [-0.3, -0.25) is 9.69 Å². The van der Waals surface area contributed by atoms with Crippen LogP contribution in [-0.2, 0) is 19.1 Å². The Bertz CT molecular complexity index is 806. The highest BCUT2D eigenvalue weighted by molar-refractivity contribution is 5.89. The second-order valence-corrected chi connectivity index (χ2v) is 7.07. The predicted molar refractivity (Wildman–Crippen MR) is 95.5 cm³/mol. The fourth-order valence-electron chi connectivity index (χ4n) is 3.52. The van der Waals surface area contributed by atoms with Crippen molar-refractivity contribution in [3.8, 4) is 0 Å². The molecule has 9 heteroatoms. The number of benzene rings is 1. The first kappa shape index (κ1) is 20.3. The van der Waals surface area contributed by atoms with Gasteiger partial charge in [0.05, 0.1) is 12.1 Å². The Morgan fingerprint density at radius 2 is 2.21 bits per heavy atom. The second-order valence-electron chi connectivity index (χ2n) is 7.07.